The lowest BCUT2D eigenvalue weighted by molar-refractivity contribution is -0.118. The number of allylic oxidation sites excluding steroid dienone is 2. The minimum Gasteiger partial charge on any atom is -0.478 e. The Labute approximate surface area is 255 Å². The maximum absolute atomic E-state index is 15.8. The minimum absolute atomic E-state index is 0.0468. The molecule has 2 aliphatic rings. The molecule has 0 spiro atoms. The summed E-state index contributed by atoms with van der Waals surface area (Å²) in [5.41, 5.74) is -1.02. The fourth-order valence-electron chi connectivity index (χ4n) is 6.58. The molecule has 0 aromatic heterocycles. The molecule has 10 heteroatoms. The molecule has 2 aromatic carbocycles. The van der Waals surface area contributed by atoms with E-state index in [2.05, 4.69) is 23.6 Å². The van der Waals surface area contributed by atoms with Crippen LogP contribution in [0.15, 0.2) is 53.9 Å². The smallest absolute Gasteiger partial charge is 0.335 e. The zero-order valence-corrected chi connectivity index (χ0v) is 25.2. The Kier molecular flexibility index (Phi) is 9.97. The largest absolute Gasteiger partial charge is 0.478 e. The number of aromatic carboxylic acids is 1. The summed E-state index contributed by atoms with van der Waals surface area (Å²) >= 11 is 12.2. The Morgan fingerprint density at radius 1 is 1.17 bits per heavy atom. The number of carbonyl (C=O) groups is 2. The fraction of sp³-hybridized carbons (Fsp3) is 0.469. The van der Waals surface area contributed by atoms with Gasteiger partial charge in [-0.15, -0.1) is 11.6 Å². The maximum Gasteiger partial charge on any atom is 0.335 e. The topological polar surface area (TPSA) is 102 Å². The van der Waals surface area contributed by atoms with Crippen molar-refractivity contribution in [2.45, 2.75) is 76.8 Å². The number of hydrogen-bond acceptors (Lipinski definition) is 4. The molecule has 2 fully saturated rings. The number of nitriles is 1. The van der Waals surface area contributed by atoms with Crippen LogP contribution in [-0.2, 0) is 4.79 Å². The molecular formula is C32H35Cl2F2N3O3. The zero-order valence-electron chi connectivity index (χ0n) is 23.7. The highest BCUT2D eigenvalue weighted by atomic mass is 35.5. The Morgan fingerprint density at radius 3 is 2.43 bits per heavy atom. The van der Waals surface area contributed by atoms with Gasteiger partial charge in [-0.2, -0.15) is 5.26 Å². The number of amides is 1. The lowest BCUT2D eigenvalue weighted by atomic mass is 9.62. The van der Waals surface area contributed by atoms with Crippen LogP contribution in [-0.4, -0.2) is 34.9 Å². The van der Waals surface area contributed by atoms with Gasteiger partial charge in [0.05, 0.1) is 28.1 Å². The Hall–Kier alpha value is -2.99. The number of rotatable bonds is 9. The van der Waals surface area contributed by atoms with Gasteiger partial charge in [0.2, 0.25) is 5.91 Å². The summed E-state index contributed by atoms with van der Waals surface area (Å²) in [5.74, 6) is -4.18. The van der Waals surface area contributed by atoms with Gasteiger partial charge in [0.1, 0.15) is 11.6 Å². The van der Waals surface area contributed by atoms with Crippen LogP contribution in [0.1, 0.15) is 80.6 Å². The van der Waals surface area contributed by atoms with Crippen LogP contribution in [0.3, 0.4) is 0 Å². The molecule has 1 aliphatic carbocycles. The third-order valence-electron chi connectivity index (χ3n) is 8.97. The van der Waals surface area contributed by atoms with E-state index in [1.54, 1.807) is 13.0 Å². The van der Waals surface area contributed by atoms with Crippen molar-refractivity contribution >= 4 is 40.8 Å². The molecule has 1 saturated heterocycles. The van der Waals surface area contributed by atoms with Gasteiger partial charge in [-0.1, -0.05) is 49.9 Å². The number of carboxylic acids is 1. The van der Waals surface area contributed by atoms with Crippen LogP contribution in [0.5, 0.6) is 0 Å². The summed E-state index contributed by atoms with van der Waals surface area (Å²) in [6.07, 6.45) is 5.16. The van der Waals surface area contributed by atoms with Crippen LogP contribution in [0.4, 0.5) is 14.5 Å². The molecule has 4 atom stereocenters. The van der Waals surface area contributed by atoms with E-state index in [9.17, 15) is 20.0 Å². The molecule has 6 nitrogen and oxygen atoms in total. The summed E-state index contributed by atoms with van der Waals surface area (Å²) in [6.45, 7) is 3.70. The minimum atomic E-state index is -1.56. The number of carbonyl (C=O) groups excluding carboxylic acids is 1. The van der Waals surface area contributed by atoms with E-state index in [1.807, 2.05) is 0 Å². The summed E-state index contributed by atoms with van der Waals surface area (Å²) in [4.78, 5) is 25.2. The predicted octanol–water partition coefficient (Wildman–Crippen LogP) is 7.98. The SMILES string of the molecule is C/C(CCl)=C(/F)C[C@]1(C#N)[C@H](CC2(C)CCCCC2)N[C@@H](C(=O)Nc2ccc(C(=O)O)cc2)[C@@H]1c1cccc(Cl)c1F. The Bertz CT molecular complexity index is 1400. The van der Waals surface area contributed by atoms with Gasteiger partial charge >= 0.3 is 5.97 Å². The third-order valence-corrected chi connectivity index (χ3v) is 9.66. The fourth-order valence-corrected chi connectivity index (χ4v) is 6.91. The van der Waals surface area contributed by atoms with E-state index in [0.29, 0.717) is 12.1 Å². The van der Waals surface area contributed by atoms with Crippen molar-refractivity contribution in [1.82, 2.24) is 5.32 Å². The van der Waals surface area contributed by atoms with Gasteiger partial charge in [0.15, 0.2) is 0 Å². The first-order valence-electron chi connectivity index (χ1n) is 14.1. The van der Waals surface area contributed by atoms with Gasteiger partial charge in [-0.3, -0.25) is 4.79 Å². The van der Waals surface area contributed by atoms with Crippen molar-refractivity contribution in [3.63, 3.8) is 0 Å². The number of carboxylic acid groups (broad SMARTS) is 1. The predicted molar refractivity (Wildman–Crippen MR) is 160 cm³/mol. The van der Waals surface area contributed by atoms with Crippen LogP contribution in [0, 0.1) is 28.0 Å². The summed E-state index contributed by atoms with van der Waals surface area (Å²) in [5, 5.41) is 26.1. The van der Waals surface area contributed by atoms with Gasteiger partial charge < -0.3 is 15.7 Å². The molecule has 3 N–H and O–H groups in total. The second kappa shape index (κ2) is 13.1. The number of hydrogen-bond donors (Lipinski definition) is 3. The molecule has 1 heterocycles. The summed E-state index contributed by atoms with van der Waals surface area (Å²) in [7, 11) is 0. The molecular weight excluding hydrogens is 583 g/mol. The first-order valence-corrected chi connectivity index (χ1v) is 15.0. The number of nitrogens with zero attached hydrogens (tertiary/aromatic N) is 1. The first-order chi connectivity index (χ1) is 19.9. The molecule has 4 rings (SSSR count). The van der Waals surface area contributed by atoms with Crippen molar-refractivity contribution in [3.8, 4) is 6.07 Å². The van der Waals surface area contributed by atoms with Crippen LogP contribution >= 0.6 is 23.2 Å². The van der Waals surface area contributed by atoms with E-state index in [1.165, 1.54) is 36.4 Å². The monoisotopic (exact) mass is 617 g/mol. The molecule has 1 aliphatic heterocycles. The van der Waals surface area contributed by atoms with E-state index in [0.717, 1.165) is 32.1 Å². The molecule has 224 valence electrons. The number of halogens is 4. The van der Waals surface area contributed by atoms with Gasteiger partial charge in [0.25, 0.3) is 0 Å². The molecule has 42 heavy (non-hydrogen) atoms. The van der Waals surface area contributed by atoms with Crippen molar-refractivity contribution in [2.75, 3.05) is 11.2 Å². The van der Waals surface area contributed by atoms with Gasteiger partial charge in [-0.05, 0) is 73.1 Å². The molecule has 2 aromatic rings. The quantitative estimate of drug-likeness (QED) is 0.247. The number of anilines is 1. The van der Waals surface area contributed by atoms with Crippen LogP contribution in [0.2, 0.25) is 5.02 Å². The second-order valence-electron chi connectivity index (χ2n) is 11.9. The highest BCUT2D eigenvalue weighted by Crippen LogP contribution is 2.55. The highest BCUT2D eigenvalue weighted by Gasteiger charge is 2.60. The second-order valence-corrected chi connectivity index (χ2v) is 12.6. The number of nitrogens with one attached hydrogen (secondary N) is 2. The van der Waals surface area contributed by atoms with Gasteiger partial charge in [0, 0.05) is 29.9 Å². The average Bonchev–Trinajstić information content (AvgIpc) is 3.27. The van der Waals surface area contributed by atoms with E-state index >= 15 is 8.78 Å². The van der Waals surface area contributed by atoms with Crippen LogP contribution < -0.4 is 10.6 Å². The molecule has 1 saturated carbocycles. The maximum atomic E-state index is 15.8. The van der Waals surface area contributed by atoms with Gasteiger partial charge in [-0.25, -0.2) is 13.6 Å². The lowest BCUT2D eigenvalue weighted by Gasteiger charge is -2.41. The number of benzene rings is 2. The molecule has 1 amide bonds. The lowest BCUT2D eigenvalue weighted by Crippen LogP contribution is -2.44. The molecule has 0 radical (unpaired) electrons. The van der Waals surface area contributed by atoms with Crippen molar-refractivity contribution < 1.29 is 23.5 Å². The third kappa shape index (κ3) is 6.49. The van der Waals surface area contributed by atoms with E-state index < -0.39 is 46.9 Å². The average molecular weight is 619 g/mol. The van der Waals surface area contributed by atoms with Crippen molar-refractivity contribution in [3.05, 3.63) is 75.8 Å². The molecule has 0 bridgehead atoms. The zero-order chi connectivity index (χ0) is 30.7. The van der Waals surface area contributed by atoms with Crippen molar-refractivity contribution in [1.29, 1.82) is 5.26 Å². The standard InChI is InChI=1S/C32H35Cl2F2N3O3/c1-19(17-33)24(35)15-32(18-37)25(16-31(2)13-4-3-5-14-31)39-28(26(32)22-7-6-8-23(34)27(22)36)29(40)38-21-11-9-20(10-12-21)30(41)42/h6-12,25-26,28,39H,3-5,13-17H2,1-2H3,(H,38,40)(H,41,42)/b24-19-/t25-,26-,28+,32-/m0/s1. The molecule has 0 unspecified atom stereocenters. The Balaban J connectivity index is 1.84. The number of alkyl halides is 1. The van der Waals surface area contributed by atoms with E-state index in [4.69, 9.17) is 23.2 Å². The summed E-state index contributed by atoms with van der Waals surface area (Å²) < 4.78 is 31.5. The normalized spacial score (nSPS) is 25.8. The summed E-state index contributed by atoms with van der Waals surface area (Å²) in [6, 6.07) is 10.6. The van der Waals surface area contributed by atoms with E-state index in [-0.39, 0.29) is 39.4 Å². The first kappa shape index (κ1) is 31.9. The highest BCUT2D eigenvalue weighted by molar-refractivity contribution is 6.30. The van der Waals surface area contributed by atoms with Crippen LogP contribution in [0.25, 0.3) is 0 Å². The van der Waals surface area contributed by atoms with Crippen molar-refractivity contribution in [2.24, 2.45) is 10.8 Å². The Morgan fingerprint density at radius 2 is 1.83 bits per heavy atom.